The van der Waals surface area contributed by atoms with E-state index in [9.17, 15) is 8.42 Å². The minimum Gasteiger partial charge on any atom is -0.228 e. The Morgan fingerprint density at radius 3 is 2.14 bits per heavy atom. The first-order valence-electron chi connectivity index (χ1n) is 4.03. The minimum absolute atomic E-state index is 0.136. The Morgan fingerprint density at radius 1 is 1.21 bits per heavy atom. The summed E-state index contributed by atoms with van der Waals surface area (Å²) >= 11 is 0. The summed E-state index contributed by atoms with van der Waals surface area (Å²) in [6.07, 6.45) is 5.69. The molecular formula is C10H11NO2S. The second kappa shape index (κ2) is 4.27. The molecule has 0 fully saturated rings. The van der Waals surface area contributed by atoms with Crippen molar-refractivity contribution >= 4 is 10.0 Å². The van der Waals surface area contributed by atoms with Crippen LogP contribution in [0, 0.1) is 12.3 Å². The van der Waals surface area contributed by atoms with E-state index >= 15 is 0 Å². The van der Waals surface area contributed by atoms with Crippen molar-refractivity contribution in [2.45, 2.75) is 12.2 Å². The fraction of sp³-hybridized carbons (Fsp3) is 0.200. The molecule has 0 spiro atoms. The van der Waals surface area contributed by atoms with E-state index in [0.29, 0.717) is 12.0 Å². The maximum Gasteiger partial charge on any atom is 0.213 e. The van der Waals surface area contributed by atoms with Crippen LogP contribution in [0.5, 0.6) is 0 Å². The quantitative estimate of drug-likeness (QED) is 0.743. The smallest absolute Gasteiger partial charge is 0.213 e. The van der Waals surface area contributed by atoms with Crippen molar-refractivity contribution in [2.24, 2.45) is 5.14 Å². The van der Waals surface area contributed by atoms with Gasteiger partial charge in [-0.25, -0.2) is 13.6 Å². The zero-order valence-electron chi connectivity index (χ0n) is 7.60. The zero-order valence-corrected chi connectivity index (χ0v) is 8.42. The van der Waals surface area contributed by atoms with Crippen LogP contribution in [0.1, 0.15) is 11.1 Å². The highest BCUT2D eigenvalue weighted by Crippen LogP contribution is 2.07. The van der Waals surface area contributed by atoms with Crippen molar-refractivity contribution in [1.82, 2.24) is 0 Å². The second-order valence-corrected chi connectivity index (χ2v) is 4.62. The van der Waals surface area contributed by atoms with Gasteiger partial charge in [0.15, 0.2) is 0 Å². The van der Waals surface area contributed by atoms with Gasteiger partial charge in [-0.1, -0.05) is 24.3 Å². The average Bonchev–Trinajstić information content (AvgIpc) is 2.06. The third kappa shape index (κ3) is 3.60. The zero-order chi connectivity index (χ0) is 10.6. The Bertz CT molecular complexity index is 440. The molecule has 0 saturated heterocycles. The Morgan fingerprint density at radius 2 is 1.71 bits per heavy atom. The van der Waals surface area contributed by atoms with Crippen LogP contribution in [-0.4, -0.2) is 8.42 Å². The first kappa shape index (κ1) is 10.8. The molecule has 0 aliphatic carbocycles. The summed E-state index contributed by atoms with van der Waals surface area (Å²) in [5.74, 6) is 2.37. The second-order valence-electron chi connectivity index (χ2n) is 3.00. The molecular weight excluding hydrogens is 198 g/mol. The maximum atomic E-state index is 10.8. The Kier molecular flexibility index (Phi) is 3.28. The lowest BCUT2D eigenvalue weighted by molar-refractivity contribution is 0.597. The summed E-state index contributed by atoms with van der Waals surface area (Å²) in [5.41, 5.74) is 1.67. The summed E-state index contributed by atoms with van der Waals surface area (Å²) in [5, 5.41) is 4.90. The molecule has 1 rings (SSSR count). The van der Waals surface area contributed by atoms with Crippen LogP contribution in [0.4, 0.5) is 0 Å². The Hall–Kier alpha value is -1.31. The first-order chi connectivity index (χ1) is 6.51. The molecule has 0 unspecified atom stereocenters. The van der Waals surface area contributed by atoms with E-state index < -0.39 is 10.0 Å². The molecule has 0 aliphatic heterocycles. The normalized spacial score (nSPS) is 10.9. The van der Waals surface area contributed by atoms with E-state index in [4.69, 9.17) is 11.6 Å². The molecule has 14 heavy (non-hydrogen) atoms. The molecule has 1 aromatic carbocycles. The highest BCUT2D eigenvalue weighted by molar-refractivity contribution is 7.88. The largest absolute Gasteiger partial charge is 0.228 e. The summed E-state index contributed by atoms with van der Waals surface area (Å²) in [6, 6.07) is 7.05. The highest BCUT2D eigenvalue weighted by atomic mass is 32.2. The van der Waals surface area contributed by atoms with Gasteiger partial charge in [-0.3, -0.25) is 0 Å². The summed E-state index contributed by atoms with van der Waals surface area (Å²) in [7, 11) is -3.44. The minimum atomic E-state index is -3.44. The third-order valence-electron chi connectivity index (χ3n) is 1.70. The van der Waals surface area contributed by atoms with Crippen LogP contribution in [0.25, 0.3) is 0 Å². The van der Waals surface area contributed by atoms with E-state index in [2.05, 4.69) is 5.92 Å². The predicted octanol–water partition coefficient (Wildman–Crippen LogP) is 0.651. The predicted molar refractivity (Wildman–Crippen MR) is 55.8 cm³/mol. The molecule has 0 atom stereocenters. The standard InChI is InChI=1S/C10H11NO2S/c1-2-3-9-4-6-10(7-5-9)8-14(11,12)13/h1,4-7H,3,8H2,(H2,11,12,13). The molecule has 74 valence electrons. The molecule has 2 N–H and O–H groups in total. The number of rotatable bonds is 3. The highest BCUT2D eigenvalue weighted by Gasteiger charge is 2.03. The molecule has 0 aromatic heterocycles. The summed E-state index contributed by atoms with van der Waals surface area (Å²) in [4.78, 5) is 0. The Balaban J connectivity index is 2.80. The van der Waals surface area contributed by atoms with Crippen molar-refractivity contribution in [3.05, 3.63) is 35.4 Å². The average molecular weight is 209 g/mol. The molecule has 0 radical (unpaired) electrons. The number of primary sulfonamides is 1. The van der Waals surface area contributed by atoms with E-state index in [-0.39, 0.29) is 5.75 Å². The molecule has 0 amide bonds. The van der Waals surface area contributed by atoms with Gasteiger partial charge in [0.2, 0.25) is 10.0 Å². The van der Waals surface area contributed by atoms with Gasteiger partial charge in [-0.15, -0.1) is 12.3 Å². The van der Waals surface area contributed by atoms with E-state index in [1.165, 1.54) is 0 Å². The van der Waals surface area contributed by atoms with Gasteiger partial charge >= 0.3 is 0 Å². The van der Waals surface area contributed by atoms with Gasteiger partial charge in [0, 0.05) is 6.42 Å². The van der Waals surface area contributed by atoms with Crippen molar-refractivity contribution < 1.29 is 8.42 Å². The van der Waals surface area contributed by atoms with E-state index in [0.717, 1.165) is 5.56 Å². The first-order valence-corrected chi connectivity index (χ1v) is 5.74. The van der Waals surface area contributed by atoms with Crippen LogP contribution in [0.15, 0.2) is 24.3 Å². The van der Waals surface area contributed by atoms with Crippen molar-refractivity contribution in [3.63, 3.8) is 0 Å². The molecule has 4 heteroatoms. The van der Waals surface area contributed by atoms with Gasteiger partial charge in [-0.05, 0) is 11.1 Å². The van der Waals surface area contributed by atoms with Gasteiger partial charge in [0.25, 0.3) is 0 Å². The van der Waals surface area contributed by atoms with Crippen molar-refractivity contribution in [1.29, 1.82) is 0 Å². The van der Waals surface area contributed by atoms with Crippen molar-refractivity contribution in [2.75, 3.05) is 0 Å². The van der Waals surface area contributed by atoms with E-state index in [1.54, 1.807) is 24.3 Å². The molecule has 1 aromatic rings. The Labute approximate surface area is 84.0 Å². The van der Waals surface area contributed by atoms with Gasteiger partial charge in [-0.2, -0.15) is 0 Å². The van der Waals surface area contributed by atoms with E-state index in [1.807, 2.05) is 0 Å². The lowest BCUT2D eigenvalue weighted by Crippen LogP contribution is -2.14. The molecule has 3 nitrogen and oxygen atoms in total. The van der Waals surface area contributed by atoms with Crippen LogP contribution >= 0.6 is 0 Å². The van der Waals surface area contributed by atoms with Crippen LogP contribution in [-0.2, 0) is 22.2 Å². The topological polar surface area (TPSA) is 60.2 Å². The molecule has 0 heterocycles. The molecule has 0 saturated carbocycles. The lowest BCUT2D eigenvalue weighted by Gasteiger charge is -2.00. The number of terminal acetylenes is 1. The maximum absolute atomic E-state index is 10.8. The monoisotopic (exact) mass is 209 g/mol. The summed E-state index contributed by atoms with van der Waals surface area (Å²) < 4.78 is 21.5. The fourth-order valence-corrected chi connectivity index (χ4v) is 1.76. The summed E-state index contributed by atoms with van der Waals surface area (Å²) in [6.45, 7) is 0. The number of sulfonamides is 1. The van der Waals surface area contributed by atoms with Gasteiger partial charge in [0.05, 0.1) is 5.75 Å². The van der Waals surface area contributed by atoms with Gasteiger partial charge in [0.1, 0.15) is 0 Å². The third-order valence-corrected chi connectivity index (χ3v) is 2.43. The number of hydrogen-bond donors (Lipinski definition) is 1. The number of nitrogens with two attached hydrogens (primary N) is 1. The SMILES string of the molecule is C#CCc1ccc(CS(N)(=O)=O)cc1. The van der Waals surface area contributed by atoms with Crippen molar-refractivity contribution in [3.8, 4) is 12.3 Å². The van der Waals surface area contributed by atoms with Crippen LogP contribution < -0.4 is 5.14 Å². The molecule has 0 bridgehead atoms. The number of benzene rings is 1. The fourth-order valence-electron chi connectivity index (χ4n) is 1.10. The van der Waals surface area contributed by atoms with Gasteiger partial charge < -0.3 is 0 Å². The van der Waals surface area contributed by atoms with Crippen LogP contribution in [0.3, 0.4) is 0 Å². The molecule has 0 aliphatic rings. The number of hydrogen-bond acceptors (Lipinski definition) is 2. The lowest BCUT2D eigenvalue weighted by atomic mass is 10.1. The van der Waals surface area contributed by atoms with Crippen LogP contribution in [0.2, 0.25) is 0 Å².